The van der Waals surface area contributed by atoms with Crippen molar-refractivity contribution in [3.8, 4) is 0 Å². The molecule has 0 aromatic heterocycles. The molecule has 0 saturated carbocycles. The van der Waals surface area contributed by atoms with Gasteiger partial charge in [0.15, 0.2) is 0 Å². The Kier molecular flexibility index (Phi) is 5.18. The van der Waals surface area contributed by atoms with Crippen molar-refractivity contribution in [1.29, 1.82) is 0 Å². The molecular formula is C12H14Cl2N2OS. The summed E-state index contributed by atoms with van der Waals surface area (Å²) in [6.45, 7) is 2.33. The second-order valence-corrected chi connectivity index (χ2v) is 6.13. The molecule has 0 unspecified atom stereocenters. The number of carbonyl (C=O) groups is 1. The molecule has 0 spiro atoms. The van der Waals surface area contributed by atoms with Gasteiger partial charge in [-0.2, -0.15) is 11.8 Å². The number of hydrogen-bond acceptors (Lipinski definition) is 3. The van der Waals surface area contributed by atoms with Crippen LogP contribution in [-0.4, -0.2) is 41.9 Å². The summed E-state index contributed by atoms with van der Waals surface area (Å²) >= 11 is 13.8. The summed E-state index contributed by atoms with van der Waals surface area (Å²) in [7, 11) is 0. The third-order valence-electron chi connectivity index (χ3n) is 2.67. The van der Waals surface area contributed by atoms with E-state index in [1.807, 2.05) is 11.8 Å². The lowest BCUT2D eigenvalue weighted by Crippen LogP contribution is -2.38. The Morgan fingerprint density at radius 2 is 2.06 bits per heavy atom. The van der Waals surface area contributed by atoms with Crippen LogP contribution in [0.25, 0.3) is 0 Å². The van der Waals surface area contributed by atoms with Crippen LogP contribution < -0.4 is 5.32 Å². The van der Waals surface area contributed by atoms with E-state index in [1.165, 1.54) is 0 Å². The average Bonchev–Trinajstić information content (AvgIpc) is 2.35. The number of benzene rings is 1. The topological polar surface area (TPSA) is 32.3 Å². The molecule has 1 aromatic rings. The summed E-state index contributed by atoms with van der Waals surface area (Å²) in [6, 6.07) is 5.03. The highest BCUT2D eigenvalue weighted by atomic mass is 35.5. The third-order valence-corrected chi connectivity index (χ3v) is 4.18. The van der Waals surface area contributed by atoms with Crippen LogP contribution in [0.15, 0.2) is 18.2 Å². The van der Waals surface area contributed by atoms with Crippen LogP contribution in [0.5, 0.6) is 0 Å². The molecule has 2 rings (SSSR count). The van der Waals surface area contributed by atoms with E-state index in [0.29, 0.717) is 22.3 Å². The van der Waals surface area contributed by atoms with Crippen molar-refractivity contribution in [3.63, 3.8) is 0 Å². The zero-order valence-corrected chi connectivity index (χ0v) is 12.1. The lowest BCUT2D eigenvalue weighted by Gasteiger charge is -2.25. The Labute approximate surface area is 121 Å². The Balaban J connectivity index is 1.92. The summed E-state index contributed by atoms with van der Waals surface area (Å²) in [5.74, 6) is 2.13. The van der Waals surface area contributed by atoms with Crippen molar-refractivity contribution < 1.29 is 4.79 Å². The number of nitrogens with zero attached hydrogens (tertiary/aromatic N) is 1. The second-order valence-electron chi connectivity index (χ2n) is 4.06. The molecule has 1 aliphatic heterocycles. The van der Waals surface area contributed by atoms with Crippen LogP contribution >= 0.6 is 35.0 Å². The molecule has 1 fully saturated rings. The molecule has 1 aromatic carbocycles. The third kappa shape index (κ3) is 4.05. The Hall–Kier alpha value is -0.420. The number of thioether (sulfide) groups is 1. The van der Waals surface area contributed by atoms with Crippen LogP contribution in [0.3, 0.4) is 0 Å². The van der Waals surface area contributed by atoms with Gasteiger partial charge in [0, 0.05) is 29.6 Å². The number of amides is 1. The fraction of sp³-hybridized carbons (Fsp3) is 0.417. The van der Waals surface area contributed by atoms with E-state index in [0.717, 1.165) is 24.6 Å². The Morgan fingerprint density at radius 1 is 1.33 bits per heavy atom. The smallest absolute Gasteiger partial charge is 0.238 e. The summed E-state index contributed by atoms with van der Waals surface area (Å²) in [4.78, 5) is 14.0. The molecule has 0 aliphatic carbocycles. The maximum atomic E-state index is 11.9. The van der Waals surface area contributed by atoms with Crippen molar-refractivity contribution in [2.45, 2.75) is 0 Å². The maximum Gasteiger partial charge on any atom is 0.238 e. The Morgan fingerprint density at radius 3 is 2.78 bits per heavy atom. The van der Waals surface area contributed by atoms with Gasteiger partial charge in [0.2, 0.25) is 5.91 Å². The first-order chi connectivity index (χ1) is 8.65. The van der Waals surface area contributed by atoms with Gasteiger partial charge in [0.05, 0.1) is 17.3 Å². The monoisotopic (exact) mass is 304 g/mol. The van der Waals surface area contributed by atoms with Gasteiger partial charge in [0.1, 0.15) is 0 Å². The number of halogens is 2. The molecule has 1 saturated heterocycles. The molecule has 6 heteroatoms. The van der Waals surface area contributed by atoms with Crippen LogP contribution in [-0.2, 0) is 4.79 Å². The number of carbonyl (C=O) groups excluding carboxylic acids is 1. The van der Waals surface area contributed by atoms with Gasteiger partial charge in [-0.3, -0.25) is 9.69 Å². The number of nitrogens with one attached hydrogen (secondary N) is 1. The van der Waals surface area contributed by atoms with E-state index in [-0.39, 0.29) is 5.91 Å². The van der Waals surface area contributed by atoms with E-state index >= 15 is 0 Å². The molecule has 0 radical (unpaired) electrons. The molecule has 1 amide bonds. The molecule has 18 heavy (non-hydrogen) atoms. The fourth-order valence-electron chi connectivity index (χ4n) is 1.75. The van der Waals surface area contributed by atoms with Crippen LogP contribution in [0.4, 0.5) is 5.69 Å². The second kappa shape index (κ2) is 6.66. The number of hydrogen-bond donors (Lipinski definition) is 1. The first-order valence-corrected chi connectivity index (χ1v) is 7.61. The molecule has 1 N–H and O–H groups in total. The van der Waals surface area contributed by atoms with Gasteiger partial charge in [-0.05, 0) is 18.2 Å². The summed E-state index contributed by atoms with van der Waals surface area (Å²) in [5.41, 5.74) is 0.570. The highest BCUT2D eigenvalue weighted by Crippen LogP contribution is 2.25. The normalized spacial score (nSPS) is 16.6. The van der Waals surface area contributed by atoms with Gasteiger partial charge in [-0.1, -0.05) is 23.2 Å². The quantitative estimate of drug-likeness (QED) is 0.932. The van der Waals surface area contributed by atoms with Gasteiger partial charge >= 0.3 is 0 Å². The van der Waals surface area contributed by atoms with Crippen molar-refractivity contribution in [2.75, 3.05) is 36.5 Å². The molecule has 98 valence electrons. The number of anilines is 1. The van der Waals surface area contributed by atoms with Crippen LogP contribution in [0.1, 0.15) is 0 Å². The molecular weight excluding hydrogens is 291 g/mol. The summed E-state index contributed by atoms with van der Waals surface area (Å²) in [6.07, 6.45) is 0. The Bertz CT molecular complexity index is 436. The van der Waals surface area contributed by atoms with Crippen molar-refractivity contribution in [2.24, 2.45) is 0 Å². The van der Waals surface area contributed by atoms with Crippen molar-refractivity contribution in [3.05, 3.63) is 28.2 Å². The highest BCUT2D eigenvalue weighted by molar-refractivity contribution is 7.99. The first kappa shape index (κ1) is 14.0. The molecule has 1 aliphatic rings. The standard InChI is InChI=1S/C12H14Cl2N2OS/c13-9-1-2-10(14)11(7-9)15-12(17)8-16-3-5-18-6-4-16/h1-2,7H,3-6,8H2,(H,15,17). The lowest BCUT2D eigenvalue weighted by atomic mass is 10.3. The van der Waals surface area contributed by atoms with Crippen LogP contribution in [0.2, 0.25) is 10.0 Å². The minimum absolute atomic E-state index is 0.0499. The van der Waals surface area contributed by atoms with Crippen molar-refractivity contribution >= 4 is 46.6 Å². The van der Waals surface area contributed by atoms with E-state index < -0.39 is 0 Å². The van der Waals surface area contributed by atoms with Gasteiger partial charge in [-0.15, -0.1) is 0 Å². The molecule has 0 bridgehead atoms. The fourth-order valence-corrected chi connectivity index (χ4v) is 3.06. The maximum absolute atomic E-state index is 11.9. The van der Waals surface area contributed by atoms with Gasteiger partial charge in [0.25, 0.3) is 0 Å². The van der Waals surface area contributed by atoms with Gasteiger partial charge < -0.3 is 5.32 Å². The predicted molar refractivity (Wildman–Crippen MR) is 78.9 cm³/mol. The van der Waals surface area contributed by atoms with E-state index in [2.05, 4.69) is 10.2 Å². The first-order valence-electron chi connectivity index (χ1n) is 5.70. The predicted octanol–water partition coefficient (Wildman–Crippen LogP) is 2.98. The zero-order valence-electron chi connectivity index (χ0n) is 9.79. The largest absolute Gasteiger partial charge is 0.324 e. The van der Waals surface area contributed by atoms with E-state index in [1.54, 1.807) is 18.2 Å². The van der Waals surface area contributed by atoms with Gasteiger partial charge in [-0.25, -0.2) is 0 Å². The van der Waals surface area contributed by atoms with Crippen molar-refractivity contribution in [1.82, 2.24) is 4.90 Å². The molecule has 1 heterocycles. The summed E-state index contributed by atoms with van der Waals surface area (Å²) in [5, 5.41) is 3.86. The SMILES string of the molecule is O=C(CN1CCSCC1)Nc1cc(Cl)ccc1Cl. The lowest BCUT2D eigenvalue weighted by molar-refractivity contribution is -0.117. The summed E-state index contributed by atoms with van der Waals surface area (Å²) < 4.78 is 0. The average molecular weight is 305 g/mol. The van der Waals surface area contributed by atoms with Crippen LogP contribution in [0, 0.1) is 0 Å². The van der Waals surface area contributed by atoms with E-state index in [4.69, 9.17) is 23.2 Å². The minimum atomic E-state index is -0.0499. The zero-order chi connectivity index (χ0) is 13.0. The van der Waals surface area contributed by atoms with E-state index in [9.17, 15) is 4.79 Å². The molecule has 3 nitrogen and oxygen atoms in total. The molecule has 0 atom stereocenters. The number of rotatable bonds is 3. The minimum Gasteiger partial charge on any atom is -0.324 e. The highest BCUT2D eigenvalue weighted by Gasteiger charge is 2.14.